The van der Waals surface area contributed by atoms with Crippen LogP contribution in [0.25, 0.3) is 5.57 Å². The minimum absolute atomic E-state index is 0.0546. The van der Waals surface area contributed by atoms with E-state index in [4.69, 9.17) is 15.0 Å². The van der Waals surface area contributed by atoms with Crippen LogP contribution < -0.4 is 5.32 Å². The van der Waals surface area contributed by atoms with Gasteiger partial charge in [0, 0.05) is 11.6 Å². The standard InChI is InChI=1S/C24H29N5O4/c1-14-10-16(11-24(2,32)23(31)33-14)18-8-9-19(20(28-18)15-6-4-3-5-7-15)29-22(30)21-26-13-17(12-25)27-21/h6,8-9,13-14,16,23,31-32H,3-5,7,10-11H2,1-2H3,(H,26,27)(H,29,30). The summed E-state index contributed by atoms with van der Waals surface area (Å²) in [5.41, 5.74) is 1.93. The highest BCUT2D eigenvalue weighted by Crippen LogP contribution is 2.38. The number of imidazole rings is 1. The van der Waals surface area contributed by atoms with E-state index in [1.807, 2.05) is 25.1 Å². The summed E-state index contributed by atoms with van der Waals surface area (Å²) in [7, 11) is 0. The first-order valence-corrected chi connectivity index (χ1v) is 11.3. The lowest BCUT2D eigenvalue weighted by Crippen LogP contribution is -2.41. The highest BCUT2D eigenvalue weighted by Gasteiger charge is 2.40. The molecule has 1 aliphatic carbocycles. The highest BCUT2D eigenvalue weighted by molar-refractivity contribution is 6.03. The molecule has 0 saturated carbocycles. The van der Waals surface area contributed by atoms with E-state index in [0.717, 1.165) is 37.0 Å². The van der Waals surface area contributed by atoms with Gasteiger partial charge in [0.15, 0.2) is 12.1 Å². The van der Waals surface area contributed by atoms with Gasteiger partial charge in [-0.1, -0.05) is 6.08 Å². The average molecular weight is 452 g/mol. The molecule has 9 nitrogen and oxygen atoms in total. The van der Waals surface area contributed by atoms with Crippen molar-refractivity contribution in [3.8, 4) is 6.07 Å². The maximum absolute atomic E-state index is 12.7. The molecule has 0 spiro atoms. The van der Waals surface area contributed by atoms with Crippen molar-refractivity contribution >= 4 is 17.2 Å². The lowest BCUT2D eigenvalue weighted by molar-refractivity contribution is -0.215. The molecule has 0 aromatic carbocycles. The summed E-state index contributed by atoms with van der Waals surface area (Å²) in [5, 5.41) is 32.8. The smallest absolute Gasteiger partial charge is 0.291 e. The zero-order chi connectivity index (χ0) is 23.6. The number of pyridine rings is 1. The Morgan fingerprint density at radius 3 is 2.91 bits per heavy atom. The van der Waals surface area contributed by atoms with Gasteiger partial charge in [0.05, 0.1) is 23.7 Å². The summed E-state index contributed by atoms with van der Waals surface area (Å²) >= 11 is 0. The molecule has 174 valence electrons. The number of nitriles is 1. The number of nitrogens with one attached hydrogen (secondary N) is 2. The minimum Gasteiger partial charge on any atom is -0.385 e. The molecular weight excluding hydrogens is 422 g/mol. The SMILES string of the molecule is CC1CC(c2ccc(NC(=O)c3ncc(C#N)[nH]3)c(C3=CCCCC3)n2)CC(C)(O)C(O)O1. The normalized spacial score (nSPS) is 27.8. The van der Waals surface area contributed by atoms with E-state index in [1.54, 1.807) is 6.92 Å². The molecule has 0 radical (unpaired) electrons. The van der Waals surface area contributed by atoms with Gasteiger partial charge in [-0.05, 0) is 70.1 Å². The molecule has 4 atom stereocenters. The number of ether oxygens (including phenoxy) is 1. The Labute approximate surface area is 192 Å². The summed E-state index contributed by atoms with van der Waals surface area (Å²) in [6.45, 7) is 3.44. The number of amides is 1. The molecule has 1 amide bonds. The van der Waals surface area contributed by atoms with E-state index in [2.05, 4.69) is 21.4 Å². The number of H-pyrrole nitrogens is 1. The second kappa shape index (κ2) is 9.43. The number of anilines is 1. The fraction of sp³-hybridized carbons (Fsp3) is 0.500. The van der Waals surface area contributed by atoms with Gasteiger partial charge in [0.2, 0.25) is 0 Å². The molecule has 1 aliphatic heterocycles. The lowest BCUT2D eigenvalue weighted by Gasteiger charge is -2.28. The minimum atomic E-state index is -1.40. The van der Waals surface area contributed by atoms with Crippen molar-refractivity contribution in [3.05, 3.63) is 47.3 Å². The van der Waals surface area contributed by atoms with Crippen molar-refractivity contribution in [2.24, 2.45) is 0 Å². The van der Waals surface area contributed by atoms with Gasteiger partial charge >= 0.3 is 0 Å². The van der Waals surface area contributed by atoms with Crippen molar-refractivity contribution in [1.29, 1.82) is 5.26 Å². The van der Waals surface area contributed by atoms with E-state index in [1.165, 1.54) is 6.20 Å². The maximum Gasteiger partial charge on any atom is 0.291 e. The van der Waals surface area contributed by atoms with Crippen LogP contribution >= 0.6 is 0 Å². The quantitative estimate of drug-likeness (QED) is 0.558. The van der Waals surface area contributed by atoms with Crippen LogP contribution in [0.1, 0.15) is 86.0 Å². The number of aliphatic hydroxyl groups excluding tert-OH is 1. The summed E-state index contributed by atoms with van der Waals surface area (Å²) in [6.07, 6.45) is 6.85. The van der Waals surface area contributed by atoms with Crippen LogP contribution in [-0.4, -0.2) is 49.1 Å². The third-order valence-electron chi connectivity index (χ3n) is 6.26. The fourth-order valence-electron chi connectivity index (χ4n) is 4.51. The molecule has 0 bridgehead atoms. The molecular formula is C24H29N5O4. The third kappa shape index (κ3) is 5.14. The van der Waals surface area contributed by atoms with Gasteiger partial charge in [-0.3, -0.25) is 9.78 Å². The van der Waals surface area contributed by atoms with Gasteiger partial charge in [0.1, 0.15) is 17.4 Å². The molecule has 2 aliphatic rings. The molecule has 4 N–H and O–H groups in total. The molecule has 4 rings (SSSR count). The predicted octanol–water partition coefficient (Wildman–Crippen LogP) is 3.24. The Morgan fingerprint density at radius 2 is 2.21 bits per heavy atom. The van der Waals surface area contributed by atoms with E-state index in [-0.39, 0.29) is 23.5 Å². The molecule has 2 aromatic heterocycles. The zero-order valence-corrected chi connectivity index (χ0v) is 18.8. The summed E-state index contributed by atoms with van der Waals surface area (Å²) in [5.74, 6) is -0.520. The van der Waals surface area contributed by atoms with Crippen molar-refractivity contribution in [3.63, 3.8) is 0 Å². The van der Waals surface area contributed by atoms with Crippen molar-refractivity contribution in [1.82, 2.24) is 15.0 Å². The summed E-state index contributed by atoms with van der Waals surface area (Å²) in [4.78, 5) is 24.3. The van der Waals surface area contributed by atoms with Crippen LogP contribution in [-0.2, 0) is 4.74 Å². The molecule has 9 heteroatoms. The number of carbonyl (C=O) groups is 1. The van der Waals surface area contributed by atoms with E-state index in [0.29, 0.717) is 24.2 Å². The van der Waals surface area contributed by atoms with Crippen LogP contribution in [0.15, 0.2) is 24.4 Å². The Balaban J connectivity index is 1.67. The van der Waals surface area contributed by atoms with E-state index >= 15 is 0 Å². The molecule has 3 heterocycles. The Hall–Kier alpha value is -3.06. The number of nitrogens with zero attached hydrogens (tertiary/aromatic N) is 3. The highest BCUT2D eigenvalue weighted by atomic mass is 16.6. The molecule has 33 heavy (non-hydrogen) atoms. The molecule has 2 aromatic rings. The number of rotatable bonds is 4. The first kappa shape index (κ1) is 23.1. The Kier molecular flexibility index (Phi) is 6.61. The maximum atomic E-state index is 12.7. The number of carbonyl (C=O) groups excluding carboxylic acids is 1. The van der Waals surface area contributed by atoms with Crippen molar-refractivity contribution in [2.45, 2.75) is 76.3 Å². The second-order valence-corrected chi connectivity index (χ2v) is 9.11. The van der Waals surface area contributed by atoms with Crippen LogP contribution in [0.5, 0.6) is 0 Å². The van der Waals surface area contributed by atoms with E-state index < -0.39 is 17.8 Å². The largest absolute Gasteiger partial charge is 0.385 e. The van der Waals surface area contributed by atoms with Gasteiger partial charge in [0.25, 0.3) is 5.91 Å². The van der Waals surface area contributed by atoms with E-state index in [9.17, 15) is 15.0 Å². The van der Waals surface area contributed by atoms with Gasteiger partial charge < -0.3 is 25.3 Å². The topological polar surface area (TPSA) is 144 Å². The number of allylic oxidation sites excluding steroid dienone is 2. The summed E-state index contributed by atoms with van der Waals surface area (Å²) in [6, 6.07) is 5.59. The lowest BCUT2D eigenvalue weighted by atomic mass is 9.86. The van der Waals surface area contributed by atoms with Gasteiger partial charge in [-0.15, -0.1) is 0 Å². The van der Waals surface area contributed by atoms with Crippen LogP contribution in [0.3, 0.4) is 0 Å². The Morgan fingerprint density at radius 1 is 1.39 bits per heavy atom. The third-order valence-corrected chi connectivity index (χ3v) is 6.26. The molecule has 1 fully saturated rings. The number of aromatic amines is 1. The second-order valence-electron chi connectivity index (χ2n) is 9.11. The summed E-state index contributed by atoms with van der Waals surface area (Å²) < 4.78 is 5.54. The number of hydrogen-bond donors (Lipinski definition) is 4. The Bertz CT molecular complexity index is 1100. The fourth-order valence-corrected chi connectivity index (χ4v) is 4.51. The van der Waals surface area contributed by atoms with Crippen LogP contribution in [0.2, 0.25) is 0 Å². The first-order chi connectivity index (χ1) is 15.8. The van der Waals surface area contributed by atoms with Gasteiger partial charge in [-0.2, -0.15) is 5.26 Å². The first-order valence-electron chi connectivity index (χ1n) is 11.3. The number of aliphatic hydroxyl groups is 2. The predicted molar refractivity (Wildman–Crippen MR) is 121 cm³/mol. The number of aromatic nitrogens is 3. The molecule has 1 saturated heterocycles. The number of hydrogen-bond acceptors (Lipinski definition) is 7. The van der Waals surface area contributed by atoms with Crippen LogP contribution in [0.4, 0.5) is 5.69 Å². The van der Waals surface area contributed by atoms with Crippen LogP contribution in [0, 0.1) is 11.3 Å². The zero-order valence-electron chi connectivity index (χ0n) is 18.8. The van der Waals surface area contributed by atoms with Gasteiger partial charge in [-0.25, -0.2) is 4.98 Å². The van der Waals surface area contributed by atoms with Crippen molar-refractivity contribution < 1.29 is 19.7 Å². The average Bonchev–Trinajstić information content (AvgIpc) is 3.25. The van der Waals surface area contributed by atoms with Crippen molar-refractivity contribution in [2.75, 3.05) is 5.32 Å². The molecule has 4 unspecified atom stereocenters. The monoisotopic (exact) mass is 451 g/mol.